The number of hydrogen-bond donors (Lipinski definition) is 1. The summed E-state index contributed by atoms with van der Waals surface area (Å²) in [5.74, 6) is 0.737. The van der Waals surface area contributed by atoms with Crippen LogP contribution in [0.5, 0.6) is 0 Å². The van der Waals surface area contributed by atoms with Crippen molar-refractivity contribution in [1.29, 1.82) is 0 Å². The highest BCUT2D eigenvalue weighted by molar-refractivity contribution is 5.32. The molecule has 0 aliphatic rings. The van der Waals surface area contributed by atoms with Crippen LogP contribution in [0.15, 0.2) is 29.8 Å². The van der Waals surface area contributed by atoms with Gasteiger partial charge in [-0.25, -0.2) is 0 Å². The molecule has 1 rings (SSSR count). The fraction of sp³-hybridized carbons (Fsp3) is 0.556. The Morgan fingerprint density at radius 1 is 1.21 bits per heavy atom. The van der Waals surface area contributed by atoms with E-state index < -0.39 is 0 Å². The van der Waals surface area contributed by atoms with Crippen molar-refractivity contribution in [2.75, 3.05) is 13.1 Å². The summed E-state index contributed by atoms with van der Waals surface area (Å²) in [5.41, 5.74) is 5.66. The fourth-order valence-electron chi connectivity index (χ4n) is 2.12. The molecule has 0 unspecified atom stereocenters. The monoisotopic (exact) mass is 259 g/mol. The minimum Gasteiger partial charge on any atom is -0.316 e. The van der Waals surface area contributed by atoms with Crippen LogP contribution in [-0.4, -0.2) is 13.1 Å². The quantitative estimate of drug-likeness (QED) is 0.564. The number of nitrogens with one attached hydrogen (secondary N) is 1. The standard InChI is InChI=1S/C18H29N/c1-14(2)13-19-10-6-7-15(3)11-18-9-8-16(4)17(5)12-18/h7-9,12,14,19H,6,10-11,13H2,1-5H3. The Hall–Kier alpha value is -1.08. The van der Waals surface area contributed by atoms with E-state index >= 15 is 0 Å². The van der Waals surface area contributed by atoms with Crippen molar-refractivity contribution >= 4 is 0 Å². The van der Waals surface area contributed by atoms with Gasteiger partial charge in [0.2, 0.25) is 0 Å². The van der Waals surface area contributed by atoms with Crippen LogP contribution in [0.1, 0.15) is 43.9 Å². The van der Waals surface area contributed by atoms with Crippen molar-refractivity contribution in [1.82, 2.24) is 5.32 Å². The molecule has 1 aromatic rings. The molecule has 0 aliphatic carbocycles. The third-order valence-electron chi connectivity index (χ3n) is 3.42. The van der Waals surface area contributed by atoms with Crippen molar-refractivity contribution < 1.29 is 0 Å². The number of hydrogen-bond acceptors (Lipinski definition) is 1. The third-order valence-corrected chi connectivity index (χ3v) is 3.42. The Balaban J connectivity index is 2.37. The van der Waals surface area contributed by atoms with E-state index in [1.165, 1.54) is 22.3 Å². The molecular formula is C18H29N. The SMILES string of the molecule is CC(=CCCNCC(C)C)Cc1ccc(C)c(C)c1. The van der Waals surface area contributed by atoms with Crippen molar-refractivity contribution in [3.63, 3.8) is 0 Å². The fourth-order valence-corrected chi connectivity index (χ4v) is 2.12. The van der Waals surface area contributed by atoms with Crippen molar-refractivity contribution in [2.24, 2.45) is 5.92 Å². The molecule has 106 valence electrons. The maximum absolute atomic E-state index is 3.48. The molecule has 1 aromatic carbocycles. The highest BCUT2D eigenvalue weighted by Crippen LogP contribution is 2.13. The van der Waals surface area contributed by atoms with Crippen LogP contribution >= 0.6 is 0 Å². The smallest absolute Gasteiger partial charge is 0.00141 e. The van der Waals surface area contributed by atoms with Gasteiger partial charge in [0.05, 0.1) is 0 Å². The Kier molecular flexibility index (Phi) is 6.86. The molecule has 19 heavy (non-hydrogen) atoms. The average Bonchev–Trinajstić information content (AvgIpc) is 2.33. The molecule has 0 amide bonds. The average molecular weight is 259 g/mol. The zero-order valence-corrected chi connectivity index (χ0v) is 13.2. The van der Waals surface area contributed by atoms with E-state index in [9.17, 15) is 0 Å². The van der Waals surface area contributed by atoms with Gasteiger partial charge in [0.25, 0.3) is 0 Å². The lowest BCUT2D eigenvalue weighted by molar-refractivity contribution is 0.556. The van der Waals surface area contributed by atoms with E-state index in [1.807, 2.05) is 0 Å². The Morgan fingerprint density at radius 3 is 2.58 bits per heavy atom. The molecule has 0 bridgehead atoms. The van der Waals surface area contributed by atoms with Crippen molar-refractivity contribution in [3.8, 4) is 0 Å². The zero-order chi connectivity index (χ0) is 14.3. The van der Waals surface area contributed by atoms with Gasteiger partial charge < -0.3 is 5.32 Å². The minimum atomic E-state index is 0.737. The molecule has 1 heteroatoms. The summed E-state index contributed by atoms with van der Waals surface area (Å²) in [6.45, 7) is 13.3. The van der Waals surface area contributed by atoms with Crippen LogP contribution in [0, 0.1) is 19.8 Å². The van der Waals surface area contributed by atoms with E-state index in [4.69, 9.17) is 0 Å². The molecule has 0 atom stereocenters. The van der Waals surface area contributed by atoms with Gasteiger partial charge in [-0.15, -0.1) is 0 Å². The first-order valence-electron chi connectivity index (χ1n) is 7.41. The molecule has 0 spiro atoms. The summed E-state index contributed by atoms with van der Waals surface area (Å²) in [4.78, 5) is 0. The lowest BCUT2D eigenvalue weighted by Crippen LogP contribution is -2.20. The highest BCUT2D eigenvalue weighted by atomic mass is 14.8. The van der Waals surface area contributed by atoms with Gasteiger partial charge in [0.1, 0.15) is 0 Å². The van der Waals surface area contributed by atoms with Gasteiger partial charge >= 0.3 is 0 Å². The molecule has 1 N–H and O–H groups in total. The first-order valence-corrected chi connectivity index (χ1v) is 7.41. The van der Waals surface area contributed by atoms with Gasteiger partial charge in [-0.05, 0) is 69.3 Å². The Bertz CT molecular complexity index is 416. The number of aryl methyl sites for hydroxylation is 2. The lowest BCUT2D eigenvalue weighted by Gasteiger charge is -2.07. The van der Waals surface area contributed by atoms with Crippen LogP contribution in [0.25, 0.3) is 0 Å². The molecule has 0 radical (unpaired) electrons. The van der Waals surface area contributed by atoms with E-state index in [0.29, 0.717) is 0 Å². The second-order valence-electron chi connectivity index (χ2n) is 6.03. The minimum absolute atomic E-state index is 0.737. The topological polar surface area (TPSA) is 12.0 Å². The van der Waals surface area contributed by atoms with Gasteiger partial charge in [-0.2, -0.15) is 0 Å². The Labute approximate surface area is 119 Å². The normalized spacial score (nSPS) is 12.2. The van der Waals surface area contributed by atoms with Crippen LogP contribution in [0.3, 0.4) is 0 Å². The highest BCUT2D eigenvalue weighted by Gasteiger charge is 1.98. The molecule has 1 nitrogen and oxygen atoms in total. The number of allylic oxidation sites excluding steroid dienone is 1. The molecule has 0 heterocycles. The second kappa shape index (κ2) is 8.16. The molecule has 0 saturated carbocycles. The molecule has 0 aliphatic heterocycles. The Morgan fingerprint density at radius 2 is 1.95 bits per heavy atom. The summed E-state index contributed by atoms with van der Waals surface area (Å²) >= 11 is 0. The summed E-state index contributed by atoms with van der Waals surface area (Å²) in [7, 11) is 0. The maximum Gasteiger partial charge on any atom is -0.00141 e. The van der Waals surface area contributed by atoms with E-state index in [1.54, 1.807) is 0 Å². The van der Waals surface area contributed by atoms with Crippen molar-refractivity contribution in [2.45, 2.75) is 47.5 Å². The van der Waals surface area contributed by atoms with Gasteiger partial charge in [0, 0.05) is 0 Å². The first kappa shape index (κ1) is 16.0. The maximum atomic E-state index is 3.48. The summed E-state index contributed by atoms with van der Waals surface area (Å²) in [6, 6.07) is 6.78. The van der Waals surface area contributed by atoms with Crippen LogP contribution in [0.4, 0.5) is 0 Å². The second-order valence-corrected chi connectivity index (χ2v) is 6.03. The van der Waals surface area contributed by atoms with Crippen molar-refractivity contribution in [3.05, 3.63) is 46.5 Å². The molecule has 0 fully saturated rings. The van der Waals surface area contributed by atoms with Crippen LogP contribution in [0.2, 0.25) is 0 Å². The number of rotatable bonds is 7. The number of benzene rings is 1. The predicted octanol–water partition coefficient (Wildman–Crippen LogP) is 4.43. The summed E-state index contributed by atoms with van der Waals surface area (Å²) in [6.07, 6.45) is 4.57. The van der Waals surface area contributed by atoms with Gasteiger partial charge in [0.15, 0.2) is 0 Å². The van der Waals surface area contributed by atoms with Crippen LogP contribution in [-0.2, 0) is 6.42 Å². The summed E-state index contributed by atoms with van der Waals surface area (Å²) < 4.78 is 0. The first-order chi connectivity index (χ1) is 8.99. The molecular weight excluding hydrogens is 230 g/mol. The third kappa shape index (κ3) is 6.58. The van der Waals surface area contributed by atoms with E-state index in [2.05, 4.69) is 64.2 Å². The van der Waals surface area contributed by atoms with E-state index in [0.717, 1.165) is 31.8 Å². The zero-order valence-electron chi connectivity index (χ0n) is 13.2. The lowest BCUT2D eigenvalue weighted by atomic mass is 10.0. The van der Waals surface area contributed by atoms with Gasteiger partial charge in [-0.3, -0.25) is 0 Å². The molecule has 0 aromatic heterocycles. The predicted molar refractivity (Wildman–Crippen MR) is 85.7 cm³/mol. The van der Waals surface area contributed by atoms with Gasteiger partial charge in [-0.1, -0.05) is 43.7 Å². The van der Waals surface area contributed by atoms with Crippen LogP contribution < -0.4 is 5.32 Å². The van der Waals surface area contributed by atoms with E-state index in [-0.39, 0.29) is 0 Å². The summed E-state index contributed by atoms with van der Waals surface area (Å²) in [5, 5.41) is 3.48. The largest absolute Gasteiger partial charge is 0.316 e. The molecule has 0 saturated heterocycles.